The lowest BCUT2D eigenvalue weighted by Gasteiger charge is -2.33. The smallest absolute Gasteiger partial charge is 0.405 e. The summed E-state index contributed by atoms with van der Waals surface area (Å²) in [5.74, 6) is -0.877. The third-order valence-corrected chi connectivity index (χ3v) is 7.99. The summed E-state index contributed by atoms with van der Waals surface area (Å²) < 4.78 is 44.5. The second kappa shape index (κ2) is 9.22. The zero-order valence-corrected chi connectivity index (χ0v) is 21.8. The van der Waals surface area contributed by atoms with Crippen molar-refractivity contribution >= 4 is 45.9 Å². The van der Waals surface area contributed by atoms with Crippen LogP contribution in [-0.4, -0.2) is 17.5 Å². The quantitative estimate of drug-likeness (QED) is 0.340. The molecule has 1 fully saturated rings. The van der Waals surface area contributed by atoms with Gasteiger partial charge in [-0.1, -0.05) is 32.1 Å². The van der Waals surface area contributed by atoms with Crippen LogP contribution in [0.5, 0.6) is 5.75 Å². The number of nitrogens with one attached hydrogen (secondary N) is 1. The molecular weight excluding hydrogens is 519 g/mol. The zero-order chi connectivity index (χ0) is 26.5. The van der Waals surface area contributed by atoms with E-state index in [9.17, 15) is 22.8 Å². The summed E-state index contributed by atoms with van der Waals surface area (Å²) in [6, 6.07) is 10.3. The highest BCUT2D eigenvalue weighted by atomic mass is 32.2. The molecule has 2 amide bonds. The first kappa shape index (κ1) is 25.4. The van der Waals surface area contributed by atoms with Crippen LogP contribution < -0.4 is 10.1 Å². The number of carbonyl (C=O) groups excluding carboxylic acids is 2. The van der Waals surface area contributed by atoms with Crippen molar-refractivity contribution in [3.05, 3.63) is 86.0 Å². The Hall–Kier alpha value is -3.30. The van der Waals surface area contributed by atoms with Crippen molar-refractivity contribution in [2.24, 2.45) is 0 Å². The Morgan fingerprint density at radius 2 is 1.84 bits per heavy atom. The topological polar surface area (TPSA) is 55.4 Å². The Morgan fingerprint density at radius 3 is 2.49 bits per heavy atom. The number of allylic oxidation sites excluding steroid dienone is 1. The predicted molar refractivity (Wildman–Crippen MR) is 141 cm³/mol. The van der Waals surface area contributed by atoms with Gasteiger partial charge in [-0.3, -0.25) is 14.9 Å². The summed E-state index contributed by atoms with van der Waals surface area (Å²) in [6.45, 7) is 6.18. The maximum absolute atomic E-state index is 13.3. The highest BCUT2D eigenvalue weighted by molar-refractivity contribution is 8.18. The highest BCUT2D eigenvalue weighted by Crippen LogP contribution is 2.46. The third-order valence-electron chi connectivity index (χ3n) is 6.49. The van der Waals surface area contributed by atoms with E-state index in [0.29, 0.717) is 11.1 Å². The van der Waals surface area contributed by atoms with Gasteiger partial charge in [-0.15, -0.1) is 13.2 Å². The lowest BCUT2D eigenvalue weighted by molar-refractivity contribution is -0.274. The van der Waals surface area contributed by atoms with Gasteiger partial charge in [0.15, 0.2) is 0 Å². The van der Waals surface area contributed by atoms with Gasteiger partial charge in [0.1, 0.15) is 5.75 Å². The molecule has 1 aliphatic heterocycles. The number of carbonyl (C=O) groups is 2. The molecule has 0 saturated carbocycles. The first-order valence-corrected chi connectivity index (χ1v) is 13.2. The van der Waals surface area contributed by atoms with E-state index in [1.807, 2.05) is 30.5 Å². The van der Waals surface area contributed by atoms with Gasteiger partial charge in [-0.2, -0.15) is 11.3 Å². The van der Waals surface area contributed by atoms with Crippen molar-refractivity contribution in [1.29, 1.82) is 0 Å². The fourth-order valence-corrected chi connectivity index (χ4v) is 6.02. The van der Waals surface area contributed by atoms with Crippen molar-refractivity contribution in [3.63, 3.8) is 0 Å². The molecule has 5 rings (SSSR count). The van der Waals surface area contributed by atoms with E-state index in [1.54, 1.807) is 17.4 Å². The van der Waals surface area contributed by atoms with Gasteiger partial charge in [0, 0.05) is 5.56 Å². The van der Waals surface area contributed by atoms with Crippen molar-refractivity contribution in [2.45, 2.75) is 39.0 Å². The van der Waals surface area contributed by atoms with Gasteiger partial charge in [-0.05, 0) is 111 Å². The summed E-state index contributed by atoms with van der Waals surface area (Å²) >= 11 is 2.34. The highest BCUT2D eigenvalue weighted by Gasteiger charge is 2.34. The maximum Gasteiger partial charge on any atom is 0.573 e. The Labute approximate surface area is 220 Å². The molecule has 2 aliphatic rings. The van der Waals surface area contributed by atoms with Crippen molar-refractivity contribution in [3.8, 4) is 16.9 Å². The van der Waals surface area contributed by atoms with Gasteiger partial charge in [0.25, 0.3) is 11.1 Å². The number of hydrogen-bond acceptors (Lipinski definition) is 5. The van der Waals surface area contributed by atoms with Crippen LogP contribution in [0.1, 0.15) is 48.1 Å². The second-order valence-corrected chi connectivity index (χ2v) is 11.4. The van der Waals surface area contributed by atoms with Gasteiger partial charge in [-0.25, -0.2) is 0 Å². The number of ether oxygens (including phenoxy) is 1. The molecule has 2 aromatic carbocycles. The van der Waals surface area contributed by atoms with Crippen molar-refractivity contribution in [1.82, 2.24) is 5.32 Å². The molecule has 2 heterocycles. The van der Waals surface area contributed by atoms with Crippen LogP contribution in [0.15, 0.2) is 58.1 Å². The molecule has 0 unspecified atom stereocenters. The number of imide groups is 1. The molecule has 0 bridgehead atoms. The molecule has 37 heavy (non-hydrogen) atoms. The molecule has 1 N–H and O–H groups in total. The molecule has 190 valence electrons. The standard InChI is InChI=1S/C28H22F3NO3S2/c1-15-10-22-20(18(6-8-27(22,2)3)17-7-9-36-14-17)13-19(15)21-11-16(4-5-23(21)35-28(29,30)31)12-24-25(33)32-26(34)37-24/h4-7,9-14H,8H2,1-3H3,(H,32,33,34)/b24-12+. The van der Waals surface area contributed by atoms with E-state index in [4.69, 9.17) is 0 Å². The van der Waals surface area contributed by atoms with E-state index < -0.39 is 17.5 Å². The number of hydrogen-bond donors (Lipinski definition) is 1. The first-order valence-electron chi connectivity index (χ1n) is 11.4. The zero-order valence-electron chi connectivity index (χ0n) is 20.2. The lowest BCUT2D eigenvalue weighted by atomic mass is 9.71. The molecule has 1 aromatic heterocycles. The largest absolute Gasteiger partial charge is 0.573 e. The number of amides is 2. The Morgan fingerprint density at radius 1 is 1.05 bits per heavy atom. The van der Waals surface area contributed by atoms with Gasteiger partial charge >= 0.3 is 6.36 Å². The van der Waals surface area contributed by atoms with Gasteiger partial charge in [0.2, 0.25) is 0 Å². The number of thioether (sulfide) groups is 1. The van der Waals surface area contributed by atoms with Crippen LogP contribution in [0.3, 0.4) is 0 Å². The van der Waals surface area contributed by atoms with Gasteiger partial charge in [0.05, 0.1) is 4.91 Å². The number of aryl methyl sites for hydroxylation is 1. The molecule has 3 aromatic rings. The minimum Gasteiger partial charge on any atom is -0.405 e. The minimum absolute atomic E-state index is 0.144. The molecule has 1 saturated heterocycles. The van der Waals surface area contributed by atoms with Crippen LogP contribution >= 0.6 is 23.1 Å². The Bertz CT molecular complexity index is 1490. The average molecular weight is 542 g/mol. The minimum atomic E-state index is -4.88. The summed E-state index contributed by atoms with van der Waals surface area (Å²) in [5.41, 5.74) is 6.18. The molecule has 9 heteroatoms. The van der Waals surface area contributed by atoms with Crippen LogP contribution in [0, 0.1) is 6.92 Å². The molecular formula is C28H22F3NO3S2. The summed E-state index contributed by atoms with van der Waals surface area (Å²) in [6.07, 6.45) is -0.369. The fourth-order valence-electron chi connectivity index (χ4n) is 4.68. The number of alkyl halides is 3. The Balaban J connectivity index is 1.70. The van der Waals surface area contributed by atoms with Crippen LogP contribution in [0.2, 0.25) is 0 Å². The van der Waals surface area contributed by atoms with E-state index in [-0.39, 0.29) is 21.6 Å². The van der Waals surface area contributed by atoms with E-state index in [2.05, 4.69) is 35.4 Å². The second-order valence-electron chi connectivity index (χ2n) is 9.59. The SMILES string of the molecule is Cc1cc2c(cc1-c1cc(/C=C3/SC(=O)NC3=O)ccc1OC(F)(F)F)C(c1ccsc1)=CCC2(C)C. The lowest BCUT2D eigenvalue weighted by Crippen LogP contribution is -2.22. The molecule has 1 aliphatic carbocycles. The average Bonchev–Trinajstić information content (AvgIpc) is 3.44. The van der Waals surface area contributed by atoms with Crippen LogP contribution in [-0.2, 0) is 10.2 Å². The molecule has 0 spiro atoms. The van der Waals surface area contributed by atoms with Crippen LogP contribution in [0.25, 0.3) is 22.8 Å². The van der Waals surface area contributed by atoms with Crippen molar-refractivity contribution in [2.75, 3.05) is 0 Å². The Kier molecular flexibility index (Phi) is 6.32. The van der Waals surface area contributed by atoms with Gasteiger partial charge < -0.3 is 4.74 Å². The van der Waals surface area contributed by atoms with E-state index in [1.165, 1.54) is 18.2 Å². The predicted octanol–water partition coefficient (Wildman–Crippen LogP) is 8.06. The summed E-state index contributed by atoms with van der Waals surface area (Å²) in [7, 11) is 0. The normalized spacial score (nSPS) is 18.0. The number of halogens is 3. The van der Waals surface area contributed by atoms with E-state index in [0.717, 1.165) is 46.0 Å². The fraction of sp³-hybridized carbons (Fsp3) is 0.214. The van der Waals surface area contributed by atoms with Crippen LogP contribution in [0.4, 0.5) is 18.0 Å². The number of benzene rings is 2. The monoisotopic (exact) mass is 541 g/mol. The number of rotatable bonds is 4. The molecule has 0 radical (unpaired) electrons. The number of fused-ring (bicyclic) bond motifs is 1. The summed E-state index contributed by atoms with van der Waals surface area (Å²) in [4.78, 5) is 23.8. The van der Waals surface area contributed by atoms with Crippen molar-refractivity contribution < 1.29 is 27.5 Å². The summed E-state index contributed by atoms with van der Waals surface area (Å²) in [5, 5.41) is 5.75. The third kappa shape index (κ3) is 5.10. The maximum atomic E-state index is 13.3. The molecule has 4 nitrogen and oxygen atoms in total. The first-order chi connectivity index (χ1) is 17.4. The van der Waals surface area contributed by atoms with E-state index >= 15 is 0 Å². The number of thiophene rings is 1. The molecule has 0 atom stereocenters.